The van der Waals surface area contributed by atoms with Gasteiger partial charge in [-0.3, -0.25) is 4.40 Å². The molecule has 1 saturated carbocycles. The van der Waals surface area contributed by atoms with Crippen molar-refractivity contribution in [3.05, 3.63) is 23.0 Å². The van der Waals surface area contributed by atoms with Crippen LogP contribution in [0.15, 0.2) is 11.6 Å². The molecule has 1 aliphatic carbocycles. The first-order valence-corrected chi connectivity index (χ1v) is 5.33. The molecule has 0 bridgehead atoms. The highest BCUT2D eigenvalue weighted by molar-refractivity contribution is 7.15. The Morgan fingerprint density at radius 2 is 2.46 bits per heavy atom. The van der Waals surface area contributed by atoms with E-state index in [4.69, 9.17) is 5.73 Å². The molecule has 0 radical (unpaired) electrons. The summed E-state index contributed by atoms with van der Waals surface area (Å²) in [6.45, 7) is 2.07. The zero-order chi connectivity index (χ0) is 9.00. The van der Waals surface area contributed by atoms with Gasteiger partial charge in [-0.15, -0.1) is 11.3 Å². The summed E-state index contributed by atoms with van der Waals surface area (Å²) in [6, 6.07) is 0.360. The number of imidazole rings is 1. The van der Waals surface area contributed by atoms with Crippen LogP contribution in [-0.4, -0.2) is 15.4 Å². The molecule has 0 aromatic carbocycles. The smallest absolute Gasteiger partial charge is 0.194 e. The first-order valence-electron chi connectivity index (χ1n) is 4.45. The van der Waals surface area contributed by atoms with E-state index >= 15 is 0 Å². The maximum absolute atomic E-state index is 5.85. The van der Waals surface area contributed by atoms with E-state index in [1.807, 2.05) is 0 Å². The monoisotopic (exact) mass is 193 g/mol. The number of thiazole rings is 1. The Morgan fingerprint density at radius 3 is 3.15 bits per heavy atom. The molecule has 0 amide bonds. The van der Waals surface area contributed by atoms with Gasteiger partial charge in [0.15, 0.2) is 4.96 Å². The SMILES string of the molecule is Cc1nc2sccn2c1[C@@H]1C[C@H]1N. The van der Waals surface area contributed by atoms with E-state index < -0.39 is 0 Å². The Morgan fingerprint density at radius 1 is 1.69 bits per heavy atom. The van der Waals surface area contributed by atoms with Gasteiger partial charge < -0.3 is 5.73 Å². The molecule has 68 valence electrons. The van der Waals surface area contributed by atoms with E-state index in [1.54, 1.807) is 11.3 Å². The molecular weight excluding hydrogens is 182 g/mol. The zero-order valence-corrected chi connectivity index (χ0v) is 8.21. The lowest BCUT2D eigenvalue weighted by Gasteiger charge is -1.96. The van der Waals surface area contributed by atoms with Gasteiger partial charge in [0.25, 0.3) is 0 Å². The van der Waals surface area contributed by atoms with Crippen LogP contribution < -0.4 is 5.73 Å². The number of aryl methyl sites for hydroxylation is 1. The van der Waals surface area contributed by atoms with Crippen molar-refractivity contribution in [3.8, 4) is 0 Å². The van der Waals surface area contributed by atoms with Gasteiger partial charge in [0, 0.05) is 23.5 Å². The van der Waals surface area contributed by atoms with Crippen LogP contribution in [0.3, 0.4) is 0 Å². The van der Waals surface area contributed by atoms with E-state index in [0.29, 0.717) is 12.0 Å². The molecule has 4 heteroatoms. The van der Waals surface area contributed by atoms with Crippen molar-refractivity contribution >= 4 is 16.3 Å². The summed E-state index contributed by atoms with van der Waals surface area (Å²) in [5.41, 5.74) is 8.31. The number of aromatic nitrogens is 2. The molecule has 1 aliphatic rings. The van der Waals surface area contributed by atoms with Gasteiger partial charge in [-0.1, -0.05) is 0 Å². The molecule has 2 N–H and O–H groups in total. The van der Waals surface area contributed by atoms with Crippen molar-refractivity contribution < 1.29 is 0 Å². The van der Waals surface area contributed by atoms with Crippen molar-refractivity contribution in [2.45, 2.75) is 25.3 Å². The van der Waals surface area contributed by atoms with Crippen molar-refractivity contribution in [1.82, 2.24) is 9.38 Å². The first-order chi connectivity index (χ1) is 6.27. The topological polar surface area (TPSA) is 43.3 Å². The quantitative estimate of drug-likeness (QED) is 0.746. The van der Waals surface area contributed by atoms with Crippen LogP contribution in [0.5, 0.6) is 0 Å². The molecular formula is C9H11N3S. The Balaban J connectivity index is 2.24. The second-order valence-corrected chi connectivity index (χ2v) is 4.52. The van der Waals surface area contributed by atoms with E-state index in [-0.39, 0.29) is 0 Å². The predicted octanol–water partition coefficient (Wildman–Crippen LogP) is 1.52. The van der Waals surface area contributed by atoms with Crippen LogP contribution in [0.1, 0.15) is 23.7 Å². The largest absolute Gasteiger partial charge is 0.327 e. The Hall–Kier alpha value is -0.870. The van der Waals surface area contributed by atoms with E-state index in [2.05, 4.69) is 27.9 Å². The van der Waals surface area contributed by atoms with Crippen LogP contribution in [0.4, 0.5) is 0 Å². The highest BCUT2D eigenvalue weighted by Gasteiger charge is 2.38. The normalized spacial score (nSPS) is 26.9. The highest BCUT2D eigenvalue weighted by atomic mass is 32.1. The van der Waals surface area contributed by atoms with Gasteiger partial charge >= 0.3 is 0 Å². The number of hydrogen-bond donors (Lipinski definition) is 1. The van der Waals surface area contributed by atoms with Crippen LogP contribution >= 0.6 is 11.3 Å². The van der Waals surface area contributed by atoms with Crippen molar-refractivity contribution in [2.24, 2.45) is 5.73 Å². The Bertz CT molecular complexity index is 456. The summed E-state index contributed by atoms with van der Waals surface area (Å²) in [6.07, 6.45) is 3.20. The summed E-state index contributed by atoms with van der Waals surface area (Å²) < 4.78 is 2.18. The molecule has 1 fully saturated rings. The van der Waals surface area contributed by atoms with E-state index in [0.717, 1.165) is 17.1 Å². The standard InChI is InChI=1S/C9H11N3S/c1-5-8(6-4-7(6)10)12-2-3-13-9(12)11-5/h2-3,6-7H,4,10H2,1H3/t6-,7-/m1/s1. The average molecular weight is 193 g/mol. The summed E-state index contributed by atoms with van der Waals surface area (Å²) >= 11 is 1.68. The molecule has 0 aliphatic heterocycles. The minimum absolute atomic E-state index is 0.360. The van der Waals surface area contributed by atoms with E-state index in [1.165, 1.54) is 5.69 Å². The maximum Gasteiger partial charge on any atom is 0.194 e. The first kappa shape index (κ1) is 7.53. The third kappa shape index (κ3) is 0.957. The molecule has 3 nitrogen and oxygen atoms in total. The molecule has 3 rings (SSSR count). The van der Waals surface area contributed by atoms with Crippen molar-refractivity contribution in [2.75, 3.05) is 0 Å². The number of nitrogens with two attached hydrogens (primary N) is 1. The maximum atomic E-state index is 5.85. The average Bonchev–Trinajstić information content (AvgIpc) is 2.54. The van der Waals surface area contributed by atoms with Crippen molar-refractivity contribution in [1.29, 1.82) is 0 Å². The van der Waals surface area contributed by atoms with Gasteiger partial charge in [-0.25, -0.2) is 4.98 Å². The number of fused-ring (bicyclic) bond motifs is 1. The van der Waals surface area contributed by atoms with Crippen LogP contribution in [0.25, 0.3) is 4.96 Å². The van der Waals surface area contributed by atoms with Crippen LogP contribution in [0.2, 0.25) is 0 Å². The van der Waals surface area contributed by atoms with Gasteiger partial charge in [0.2, 0.25) is 0 Å². The lowest BCUT2D eigenvalue weighted by Crippen LogP contribution is -2.03. The van der Waals surface area contributed by atoms with Gasteiger partial charge in [0.05, 0.1) is 11.4 Å². The fourth-order valence-corrected chi connectivity index (χ4v) is 2.65. The lowest BCUT2D eigenvalue weighted by molar-refractivity contribution is 0.916. The van der Waals surface area contributed by atoms with Crippen molar-refractivity contribution in [3.63, 3.8) is 0 Å². The summed E-state index contributed by atoms with van der Waals surface area (Å²) in [4.78, 5) is 5.58. The van der Waals surface area contributed by atoms with E-state index in [9.17, 15) is 0 Å². The summed E-state index contributed by atoms with van der Waals surface area (Å²) in [5.74, 6) is 0.546. The number of nitrogens with zero attached hydrogens (tertiary/aromatic N) is 2. The van der Waals surface area contributed by atoms with Gasteiger partial charge in [-0.05, 0) is 13.3 Å². The molecule has 2 aromatic heterocycles. The third-order valence-electron chi connectivity index (χ3n) is 2.67. The molecule has 13 heavy (non-hydrogen) atoms. The fraction of sp³-hybridized carbons (Fsp3) is 0.444. The predicted molar refractivity (Wildman–Crippen MR) is 53.1 cm³/mol. The Labute approximate surface area is 80.2 Å². The zero-order valence-electron chi connectivity index (χ0n) is 7.40. The van der Waals surface area contributed by atoms with Gasteiger partial charge in [0.1, 0.15) is 0 Å². The van der Waals surface area contributed by atoms with Crippen LogP contribution in [0, 0.1) is 6.92 Å². The minimum atomic E-state index is 0.360. The Kier molecular flexibility index (Phi) is 1.35. The second kappa shape index (κ2) is 2.33. The highest BCUT2D eigenvalue weighted by Crippen LogP contribution is 2.41. The number of rotatable bonds is 1. The summed E-state index contributed by atoms with van der Waals surface area (Å²) in [7, 11) is 0. The molecule has 2 atom stereocenters. The molecule has 2 aromatic rings. The minimum Gasteiger partial charge on any atom is -0.327 e. The number of hydrogen-bond acceptors (Lipinski definition) is 3. The molecule has 0 unspecified atom stereocenters. The third-order valence-corrected chi connectivity index (χ3v) is 3.43. The molecule has 0 saturated heterocycles. The molecule has 0 spiro atoms. The second-order valence-electron chi connectivity index (χ2n) is 3.64. The fourth-order valence-electron chi connectivity index (χ4n) is 1.89. The molecule has 2 heterocycles. The lowest BCUT2D eigenvalue weighted by atomic mass is 10.2. The summed E-state index contributed by atoms with van der Waals surface area (Å²) in [5, 5.41) is 2.07. The van der Waals surface area contributed by atoms with Gasteiger partial charge in [-0.2, -0.15) is 0 Å². The van der Waals surface area contributed by atoms with Crippen LogP contribution in [-0.2, 0) is 0 Å².